The second kappa shape index (κ2) is 7.28. The number of hydrogen-bond acceptors (Lipinski definition) is 3. The zero-order valence-electron chi connectivity index (χ0n) is 12.9. The Bertz CT molecular complexity index is 727. The smallest absolute Gasteiger partial charge is 0.303 e. The molecule has 1 aromatic carbocycles. The zero-order chi connectivity index (χ0) is 17.0. The Morgan fingerprint density at radius 1 is 1.39 bits per heavy atom. The first-order valence-electron chi connectivity index (χ1n) is 7.19. The Balaban J connectivity index is 2.11. The van der Waals surface area contributed by atoms with Crippen molar-refractivity contribution in [1.29, 1.82) is 0 Å². The van der Waals surface area contributed by atoms with Crippen molar-refractivity contribution in [2.75, 3.05) is 6.54 Å². The number of rotatable bonds is 6. The number of benzene rings is 1. The Hall–Kier alpha value is -2.34. The van der Waals surface area contributed by atoms with Crippen LogP contribution in [0, 0.1) is 12.8 Å². The molecule has 0 aliphatic carbocycles. The standard InChI is InChI=1S/C16H18ClN3O3/c1-10(7-15(21)22)8-18-16(23)12-9-19-20(11(12)2)14-6-4-3-5-13(14)17/h3-6,9-10H,7-8H2,1-2H3,(H,18,23)(H,21,22). The third-order valence-electron chi connectivity index (χ3n) is 3.47. The van der Waals surface area contributed by atoms with Crippen LogP contribution in [0.25, 0.3) is 5.69 Å². The Kier molecular flexibility index (Phi) is 5.39. The summed E-state index contributed by atoms with van der Waals surface area (Å²) >= 11 is 6.15. The minimum atomic E-state index is -0.880. The van der Waals surface area contributed by atoms with Crippen LogP contribution < -0.4 is 5.32 Å². The number of amides is 1. The summed E-state index contributed by atoms with van der Waals surface area (Å²) in [6.45, 7) is 3.85. The maximum absolute atomic E-state index is 12.2. The second-order valence-electron chi connectivity index (χ2n) is 5.42. The van der Waals surface area contributed by atoms with Gasteiger partial charge in [0.2, 0.25) is 0 Å². The molecule has 0 aliphatic heterocycles. The Morgan fingerprint density at radius 2 is 2.09 bits per heavy atom. The van der Waals surface area contributed by atoms with Crippen LogP contribution in [0.15, 0.2) is 30.5 Å². The number of carboxylic acid groups (broad SMARTS) is 1. The number of nitrogens with zero attached hydrogens (tertiary/aromatic N) is 2. The fourth-order valence-electron chi connectivity index (χ4n) is 2.23. The van der Waals surface area contributed by atoms with Gasteiger partial charge in [-0.25, -0.2) is 4.68 Å². The van der Waals surface area contributed by atoms with E-state index in [4.69, 9.17) is 16.7 Å². The lowest BCUT2D eigenvalue weighted by atomic mass is 10.1. The molecule has 1 aromatic heterocycles. The zero-order valence-corrected chi connectivity index (χ0v) is 13.7. The normalized spacial score (nSPS) is 12.0. The maximum Gasteiger partial charge on any atom is 0.303 e. The molecule has 122 valence electrons. The lowest BCUT2D eigenvalue weighted by molar-refractivity contribution is -0.137. The monoisotopic (exact) mass is 335 g/mol. The number of halogens is 1. The largest absolute Gasteiger partial charge is 0.481 e. The maximum atomic E-state index is 12.2. The average Bonchev–Trinajstić information content (AvgIpc) is 2.86. The van der Waals surface area contributed by atoms with E-state index in [-0.39, 0.29) is 18.2 Å². The van der Waals surface area contributed by atoms with Crippen LogP contribution in [0.5, 0.6) is 0 Å². The molecule has 1 atom stereocenters. The highest BCUT2D eigenvalue weighted by Gasteiger charge is 2.17. The number of aromatic nitrogens is 2. The van der Waals surface area contributed by atoms with E-state index in [9.17, 15) is 9.59 Å². The van der Waals surface area contributed by atoms with Gasteiger partial charge < -0.3 is 10.4 Å². The first-order valence-corrected chi connectivity index (χ1v) is 7.57. The third-order valence-corrected chi connectivity index (χ3v) is 3.79. The molecule has 0 spiro atoms. The van der Waals surface area contributed by atoms with E-state index < -0.39 is 5.97 Å². The minimum Gasteiger partial charge on any atom is -0.481 e. The summed E-state index contributed by atoms with van der Waals surface area (Å²) in [5, 5.41) is 16.2. The lowest BCUT2D eigenvalue weighted by Gasteiger charge is -2.10. The van der Waals surface area contributed by atoms with Gasteiger partial charge in [0, 0.05) is 13.0 Å². The molecule has 7 heteroatoms. The van der Waals surface area contributed by atoms with E-state index in [1.54, 1.807) is 24.6 Å². The SMILES string of the molecule is Cc1c(C(=O)NCC(C)CC(=O)O)cnn1-c1ccccc1Cl. The number of carboxylic acids is 1. The summed E-state index contributed by atoms with van der Waals surface area (Å²) in [6, 6.07) is 7.24. The van der Waals surface area contributed by atoms with Gasteiger partial charge in [-0.3, -0.25) is 9.59 Å². The number of aliphatic carboxylic acids is 1. The summed E-state index contributed by atoms with van der Waals surface area (Å²) in [5.41, 5.74) is 1.80. The van der Waals surface area contributed by atoms with Gasteiger partial charge in [-0.2, -0.15) is 5.10 Å². The molecule has 0 fully saturated rings. The summed E-state index contributed by atoms with van der Waals surface area (Å²) in [7, 11) is 0. The van der Waals surface area contributed by atoms with Crippen LogP contribution in [-0.4, -0.2) is 33.3 Å². The number of hydrogen-bond donors (Lipinski definition) is 2. The second-order valence-corrected chi connectivity index (χ2v) is 5.83. The van der Waals surface area contributed by atoms with E-state index in [0.29, 0.717) is 28.5 Å². The van der Waals surface area contributed by atoms with E-state index >= 15 is 0 Å². The van der Waals surface area contributed by atoms with Gasteiger partial charge in [0.05, 0.1) is 28.2 Å². The van der Waals surface area contributed by atoms with Gasteiger partial charge >= 0.3 is 5.97 Å². The van der Waals surface area contributed by atoms with Gasteiger partial charge in [0.1, 0.15) is 0 Å². The van der Waals surface area contributed by atoms with Crippen LogP contribution in [0.1, 0.15) is 29.4 Å². The fraction of sp³-hybridized carbons (Fsp3) is 0.312. The van der Waals surface area contributed by atoms with E-state index in [1.165, 1.54) is 6.20 Å². The summed E-state index contributed by atoms with van der Waals surface area (Å²) in [5.74, 6) is -1.30. The molecular weight excluding hydrogens is 318 g/mol. The van der Waals surface area contributed by atoms with Crippen LogP contribution in [-0.2, 0) is 4.79 Å². The van der Waals surface area contributed by atoms with Gasteiger partial charge in [-0.1, -0.05) is 30.7 Å². The molecule has 0 radical (unpaired) electrons. The van der Waals surface area contributed by atoms with Crippen LogP contribution in [0.2, 0.25) is 5.02 Å². The number of para-hydroxylation sites is 1. The fourth-order valence-corrected chi connectivity index (χ4v) is 2.45. The van der Waals surface area contributed by atoms with Crippen LogP contribution in [0.4, 0.5) is 0 Å². The average molecular weight is 336 g/mol. The van der Waals surface area contributed by atoms with E-state index in [0.717, 1.165) is 0 Å². The lowest BCUT2D eigenvalue weighted by Crippen LogP contribution is -2.29. The highest BCUT2D eigenvalue weighted by atomic mass is 35.5. The summed E-state index contributed by atoms with van der Waals surface area (Å²) in [6.07, 6.45) is 1.49. The highest BCUT2D eigenvalue weighted by molar-refractivity contribution is 6.32. The molecule has 23 heavy (non-hydrogen) atoms. The predicted octanol–water partition coefficient (Wildman–Crippen LogP) is 2.67. The molecule has 1 unspecified atom stereocenters. The van der Waals surface area contributed by atoms with Gasteiger partial charge in [-0.15, -0.1) is 0 Å². The van der Waals surface area contributed by atoms with Crippen molar-refractivity contribution in [3.63, 3.8) is 0 Å². The first kappa shape index (κ1) is 17.0. The molecule has 0 bridgehead atoms. The van der Waals surface area contributed by atoms with Gasteiger partial charge in [-0.05, 0) is 25.0 Å². The first-order chi connectivity index (χ1) is 10.9. The van der Waals surface area contributed by atoms with E-state index in [1.807, 2.05) is 18.2 Å². The molecule has 0 saturated heterocycles. The van der Waals surface area contributed by atoms with Crippen molar-refractivity contribution < 1.29 is 14.7 Å². The molecule has 0 aliphatic rings. The van der Waals surface area contributed by atoms with Gasteiger partial charge in [0.15, 0.2) is 0 Å². The molecule has 2 aromatic rings. The van der Waals surface area contributed by atoms with Crippen LogP contribution in [0.3, 0.4) is 0 Å². The van der Waals surface area contributed by atoms with Crippen molar-refractivity contribution in [2.45, 2.75) is 20.3 Å². The Morgan fingerprint density at radius 3 is 2.74 bits per heavy atom. The molecule has 6 nitrogen and oxygen atoms in total. The highest BCUT2D eigenvalue weighted by Crippen LogP contribution is 2.22. The van der Waals surface area contributed by atoms with Crippen molar-refractivity contribution in [3.8, 4) is 5.69 Å². The van der Waals surface area contributed by atoms with Crippen molar-refractivity contribution >= 4 is 23.5 Å². The quantitative estimate of drug-likeness (QED) is 0.850. The minimum absolute atomic E-state index is 0.0121. The summed E-state index contributed by atoms with van der Waals surface area (Å²) < 4.78 is 1.61. The molecular formula is C16H18ClN3O3. The summed E-state index contributed by atoms with van der Waals surface area (Å²) in [4.78, 5) is 22.9. The molecule has 2 N–H and O–H groups in total. The van der Waals surface area contributed by atoms with Crippen molar-refractivity contribution in [1.82, 2.24) is 15.1 Å². The molecule has 2 rings (SSSR count). The van der Waals surface area contributed by atoms with Crippen LogP contribution >= 0.6 is 11.6 Å². The number of nitrogens with one attached hydrogen (secondary N) is 1. The molecule has 1 amide bonds. The van der Waals surface area contributed by atoms with E-state index in [2.05, 4.69) is 10.4 Å². The Labute approximate surface area is 139 Å². The number of carbonyl (C=O) groups excluding carboxylic acids is 1. The predicted molar refractivity (Wildman–Crippen MR) is 87.1 cm³/mol. The molecule has 0 saturated carbocycles. The van der Waals surface area contributed by atoms with Crippen molar-refractivity contribution in [3.05, 3.63) is 46.7 Å². The topological polar surface area (TPSA) is 84.2 Å². The number of carbonyl (C=O) groups is 2. The van der Waals surface area contributed by atoms with Gasteiger partial charge in [0.25, 0.3) is 5.91 Å². The third kappa shape index (κ3) is 4.10. The van der Waals surface area contributed by atoms with Crippen molar-refractivity contribution in [2.24, 2.45) is 5.92 Å². The molecule has 1 heterocycles.